The van der Waals surface area contributed by atoms with Gasteiger partial charge in [-0.15, -0.1) is 0 Å². The number of fused-ring (bicyclic) bond motifs is 1. The van der Waals surface area contributed by atoms with Crippen molar-refractivity contribution < 1.29 is 0 Å². The Hall–Kier alpha value is -1.58. The van der Waals surface area contributed by atoms with Crippen LogP contribution in [0.25, 0.3) is 11.0 Å². The molecule has 0 fully saturated rings. The minimum atomic E-state index is -0.161. The fourth-order valence-corrected chi connectivity index (χ4v) is 0.820. The molecule has 0 amide bonds. The molecule has 0 spiro atoms. The minimum absolute atomic E-state index is 0.161. The minimum Gasteiger partial charge on any atom is -0.355 e. The van der Waals surface area contributed by atoms with Crippen LogP contribution in [0.3, 0.4) is 0 Å². The molecule has 2 aromatic heterocycles. The maximum Gasteiger partial charge on any atom is 0.275 e. The first-order valence-corrected chi connectivity index (χ1v) is 2.80. The summed E-state index contributed by atoms with van der Waals surface area (Å²) in [7, 11) is 0. The summed E-state index contributed by atoms with van der Waals surface area (Å²) in [5.41, 5.74) is 0.887. The average molecular weight is 135 g/mol. The van der Waals surface area contributed by atoms with Gasteiger partial charge in [-0.25, -0.2) is 4.98 Å². The van der Waals surface area contributed by atoms with Gasteiger partial charge in [0.25, 0.3) is 5.56 Å². The fourth-order valence-electron chi connectivity index (χ4n) is 0.820. The molecule has 0 bridgehead atoms. The number of hydrogen-bond donors (Lipinski definition) is 2. The van der Waals surface area contributed by atoms with Crippen molar-refractivity contribution in [2.24, 2.45) is 0 Å². The molecule has 2 heterocycles. The summed E-state index contributed by atoms with van der Waals surface area (Å²) in [6, 6.07) is 2.77. The van der Waals surface area contributed by atoms with Gasteiger partial charge in [0.2, 0.25) is 0 Å². The molecule has 4 heteroatoms. The van der Waals surface area contributed by atoms with Crippen molar-refractivity contribution in [3.05, 3.63) is 28.9 Å². The van der Waals surface area contributed by atoms with Crippen LogP contribution in [0.4, 0.5) is 0 Å². The van der Waals surface area contributed by atoms with Gasteiger partial charge in [-0.2, -0.15) is 0 Å². The predicted molar refractivity (Wildman–Crippen MR) is 35.6 cm³/mol. The van der Waals surface area contributed by atoms with Crippen LogP contribution >= 0.6 is 0 Å². The number of hydrogen-bond acceptors (Lipinski definition) is 2. The van der Waals surface area contributed by atoms with Gasteiger partial charge < -0.3 is 9.97 Å². The third kappa shape index (κ3) is 0.556. The van der Waals surface area contributed by atoms with Gasteiger partial charge in [0.05, 0.1) is 6.33 Å². The highest BCUT2D eigenvalue weighted by molar-refractivity contribution is 5.72. The lowest BCUT2D eigenvalue weighted by Crippen LogP contribution is -2.05. The molecule has 0 saturated heterocycles. The number of H-pyrrole nitrogens is 2. The van der Waals surface area contributed by atoms with Crippen LogP contribution in [0, 0.1) is 6.07 Å². The second kappa shape index (κ2) is 1.70. The van der Waals surface area contributed by atoms with Crippen LogP contribution in [-0.2, 0) is 0 Å². The summed E-state index contributed by atoms with van der Waals surface area (Å²) in [6.45, 7) is 0. The van der Waals surface area contributed by atoms with Crippen molar-refractivity contribution in [2.75, 3.05) is 0 Å². The molecule has 1 radical (unpaired) electrons. The number of rotatable bonds is 0. The van der Waals surface area contributed by atoms with Crippen molar-refractivity contribution >= 4 is 11.0 Å². The molecule has 4 nitrogen and oxygen atoms in total. The van der Waals surface area contributed by atoms with E-state index < -0.39 is 0 Å². The molecule has 49 valence electrons. The Kier molecular flexibility index (Phi) is 0.887. The predicted octanol–water partition coefficient (Wildman–Crippen LogP) is 0.0514. The molecule has 2 N–H and O–H groups in total. The van der Waals surface area contributed by atoms with E-state index in [4.69, 9.17) is 0 Å². The molecule has 0 aliphatic rings. The van der Waals surface area contributed by atoms with E-state index in [-0.39, 0.29) is 5.56 Å². The van der Waals surface area contributed by atoms with Crippen molar-refractivity contribution in [1.29, 1.82) is 0 Å². The van der Waals surface area contributed by atoms with E-state index >= 15 is 0 Å². The van der Waals surface area contributed by atoms with Gasteiger partial charge in [0.15, 0.2) is 0 Å². The molecule has 0 atom stereocenters. The van der Waals surface area contributed by atoms with Crippen LogP contribution < -0.4 is 5.56 Å². The molecule has 0 saturated carbocycles. The largest absolute Gasteiger partial charge is 0.355 e. The van der Waals surface area contributed by atoms with E-state index in [0.29, 0.717) is 11.0 Å². The normalized spacial score (nSPS) is 10.4. The maximum absolute atomic E-state index is 10.9. The third-order valence-corrected chi connectivity index (χ3v) is 1.28. The second-order valence-electron chi connectivity index (χ2n) is 1.89. The van der Waals surface area contributed by atoms with Gasteiger partial charge in [-0.3, -0.25) is 4.79 Å². The summed E-state index contributed by atoms with van der Waals surface area (Å²) in [5.74, 6) is 0. The van der Waals surface area contributed by atoms with Crippen LogP contribution in [0.1, 0.15) is 0 Å². The van der Waals surface area contributed by atoms with Crippen molar-refractivity contribution in [3.63, 3.8) is 0 Å². The molecule has 0 aromatic carbocycles. The van der Waals surface area contributed by atoms with E-state index in [9.17, 15) is 4.79 Å². The lowest BCUT2D eigenvalue weighted by atomic mass is 10.5. The van der Waals surface area contributed by atoms with E-state index in [0.717, 1.165) is 0 Å². The Morgan fingerprint density at radius 1 is 1.50 bits per heavy atom. The Labute approximate surface area is 55.9 Å². The Balaban J connectivity index is 3.09. The molecule has 0 aliphatic heterocycles. The summed E-state index contributed by atoms with van der Waals surface area (Å²) in [4.78, 5) is 19.9. The lowest BCUT2D eigenvalue weighted by Gasteiger charge is -1.83. The molecule has 2 rings (SSSR count). The fraction of sp³-hybridized carbons (Fsp3) is 0. The van der Waals surface area contributed by atoms with Gasteiger partial charge in [0, 0.05) is 12.3 Å². The van der Waals surface area contributed by atoms with Crippen LogP contribution in [0.15, 0.2) is 17.3 Å². The average Bonchev–Trinajstić information content (AvgIpc) is 2.36. The summed E-state index contributed by atoms with van der Waals surface area (Å²) in [5, 5.41) is 0. The molecule has 0 unspecified atom stereocenters. The number of aromatic amines is 2. The zero-order valence-electron chi connectivity index (χ0n) is 5.01. The Morgan fingerprint density at radius 3 is 3.20 bits per heavy atom. The second-order valence-corrected chi connectivity index (χ2v) is 1.89. The van der Waals surface area contributed by atoms with Crippen LogP contribution in [0.5, 0.6) is 0 Å². The smallest absolute Gasteiger partial charge is 0.275 e. The monoisotopic (exact) mass is 135 g/mol. The van der Waals surface area contributed by atoms with E-state index in [2.05, 4.69) is 21.0 Å². The highest BCUT2D eigenvalue weighted by atomic mass is 16.1. The topological polar surface area (TPSA) is 61.5 Å². The van der Waals surface area contributed by atoms with Gasteiger partial charge in [-0.1, -0.05) is 0 Å². The Bertz CT molecular complexity index is 400. The van der Waals surface area contributed by atoms with Gasteiger partial charge in [-0.05, 0) is 0 Å². The summed E-state index contributed by atoms with van der Waals surface area (Å²) in [6.07, 6.45) is 2.92. The molecule has 2 aromatic rings. The SMILES string of the molecule is O=c1[nH]cnc2[13c]c[nH]c12. The van der Waals surface area contributed by atoms with E-state index in [1.807, 2.05) is 0 Å². The summed E-state index contributed by atoms with van der Waals surface area (Å²) >= 11 is 0. The number of nitrogens with one attached hydrogen (secondary N) is 2. The van der Waals surface area contributed by atoms with E-state index in [1.165, 1.54) is 6.33 Å². The highest BCUT2D eigenvalue weighted by Gasteiger charge is 1.96. The van der Waals surface area contributed by atoms with Crippen molar-refractivity contribution in [2.45, 2.75) is 0 Å². The van der Waals surface area contributed by atoms with Crippen molar-refractivity contribution in [3.8, 4) is 0 Å². The first-order chi connectivity index (χ1) is 4.88. The Morgan fingerprint density at radius 2 is 2.40 bits per heavy atom. The first kappa shape index (κ1) is 5.22. The highest BCUT2D eigenvalue weighted by Crippen LogP contribution is 1.98. The zero-order valence-corrected chi connectivity index (χ0v) is 5.01. The first-order valence-electron chi connectivity index (χ1n) is 2.80. The molecule has 0 aliphatic carbocycles. The molecule has 10 heavy (non-hydrogen) atoms. The van der Waals surface area contributed by atoms with Gasteiger partial charge >= 0.3 is 0 Å². The number of aromatic nitrogens is 3. The zero-order chi connectivity index (χ0) is 6.97. The standard InChI is InChI=1S/C6H4N3O/c10-6-5-4(1-2-7-5)8-3-9-6/h2-3,7H,(H,8,9,10)/i1+1. The third-order valence-electron chi connectivity index (χ3n) is 1.28. The molecular formula is C6H4N3O. The van der Waals surface area contributed by atoms with Gasteiger partial charge in [0.1, 0.15) is 11.0 Å². The maximum atomic E-state index is 10.9. The van der Waals surface area contributed by atoms with Crippen LogP contribution in [-0.4, -0.2) is 15.0 Å². The van der Waals surface area contributed by atoms with Crippen LogP contribution in [0.2, 0.25) is 0 Å². The summed E-state index contributed by atoms with van der Waals surface area (Å²) < 4.78 is 0. The van der Waals surface area contributed by atoms with E-state index in [1.54, 1.807) is 6.20 Å². The molecular weight excluding hydrogens is 131 g/mol. The van der Waals surface area contributed by atoms with Crippen molar-refractivity contribution in [1.82, 2.24) is 15.0 Å². The quantitative estimate of drug-likeness (QED) is 0.536. The lowest BCUT2D eigenvalue weighted by molar-refractivity contribution is 1.16. The number of nitrogens with zero attached hydrogens (tertiary/aromatic N) is 1.